The van der Waals surface area contributed by atoms with E-state index in [1.54, 1.807) is 23.2 Å². The van der Waals surface area contributed by atoms with Crippen LogP contribution < -0.4 is 26.4 Å². The molecule has 0 N–H and O–H groups in total. The van der Waals surface area contributed by atoms with Crippen LogP contribution in [0.4, 0.5) is 87.8 Å². The van der Waals surface area contributed by atoms with Gasteiger partial charge in [0.1, 0.15) is 58.4 Å². The summed E-state index contributed by atoms with van der Waals surface area (Å²) in [6.45, 7) is 0.280. The van der Waals surface area contributed by atoms with Crippen molar-refractivity contribution in [3.8, 4) is 0 Å². The summed E-state index contributed by atoms with van der Waals surface area (Å²) in [7, 11) is 0. The van der Waals surface area contributed by atoms with Crippen LogP contribution in [0.1, 0.15) is 16.1 Å². The SMILES string of the molecule is Fc1c(F)c(F)c([B-](c2c(F)c(F)c(F)c(F)c2F)(c2c(F)c(F)c(F)c(F)c2F)c2c(F)c(F)c(F)c(F)c2F)c(F)c1F.O=C(C[n+]1ccnc(C(Br)(Br)Br)c1)c1ccccc1. The number of carbonyl (C=O) groups excluding carboxylic acids is 1. The van der Waals surface area contributed by atoms with Gasteiger partial charge in [0.25, 0.3) is 0 Å². The Labute approximate surface area is 367 Å². The van der Waals surface area contributed by atoms with Gasteiger partial charge in [-0.25, -0.2) is 92.8 Å². The molecule has 6 aromatic rings. The first-order chi connectivity index (χ1) is 29.7. The first kappa shape index (κ1) is 50.0. The molecule has 1 aromatic heterocycles. The highest BCUT2D eigenvalue weighted by atomic mass is 80.0. The number of aromatic nitrogens is 2. The van der Waals surface area contributed by atoms with Crippen LogP contribution in [0.25, 0.3) is 0 Å². The number of nitrogens with zero attached hydrogens (tertiary/aromatic N) is 2. The molecule has 0 unspecified atom stereocenters. The molecule has 0 spiro atoms. The van der Waals surface area contributed by atoms with Crippen LogP contribution in [0.2, 0.25) is 0 Å². The second-order valence-electron chi connectivity index (χ2n) is 12.7. The summed E-state index contributed by atoms with van der Waals surface area (Å²) >= 11 is 10.2. The van der Waals surface area contributed by atoms with Gasteiger partial charge in [-0.2, -0.15) is 4.57 Å². The summed E-state index contributed by atoms with van der Waals surface area (Å²) < 4.78 is 295. The number of hydrogen-bond acceptors (Lipinski definition) is 2. The fourth-order valence-corrected chi connectivity index (χ4v) is 7.05. The van der Waals surface area contributed by atoms with Crippen molar-refractivity contribution in [2.24, 2.45) is 0 Å². The van der Waals surface area contributed by atoms with E-state index in [0.29, 0.717) is 5.56 Å². The summed E-state index contributed by atoms with van der Waals surface area (Å²) in [6, 6.07) is 9.24. The lowest BCUT2D eigenvalue weighted by molar-refractivity contribution is -0.684. The van der Waals surface area contributed by atoms with E-state index in [1.807, 2.05) is 30.3 Å². The molecule has 5 aromatic carbocycles. The Morgan fingerprint density at radius 2 is 0.719 bits per heavy atom. The first-order valence-corrected chi connectivity index (χ1v) is 18.8. The summed E-state index contributed by atoms with van der Waals surface area (Å²) in [6.07, 6.45) is -1.99. The Kier molecular flexibility index (Phi) is 14.4. The van der Waals surface area contributed by atoms with Crippen LogP contribution in [0.3, 0.4) is 0 Å². The Balaban J connectivity index is 0.000000337. The number of halogens is 23. The van der Waals surface area contributed by atoms with Gasteiger partial charge in [-0.1, -0.05) is 78.1 Å². The third kappa shape index (κ3) is 8.26. The summed E-state index contributed by atoms with van der Waals surface area (Å²) in [4.78, 5) is 16.3. The second kappa shape index (κ2) is 18.4. The zero-order valence-corrected chi connectivity index (χ0v) is 34.7. The second-order valence-corrected chi connectivity index (χ2v) is 19.5. The Hall–Kier alpha value is -5.05. The number of alkyl halides is 3. The third-order valence-electron chi connectivity index (χ3n) is 9.18. The molecule has 6 rings (SSSR count). The first-order valence-electron chi connectivity index (χ1n) is 16.4. The largest absolute Gasteiger partial charge is 0.287 e. The average molecular weight is 1130 g/mol. The predicted octanol–water partition coefficient (Wildman–Crippen LogP) is 9.39. The van der Waals surface area contributed by atoms with Crippen molar-refractivity contribution in [1.82, 2.24) is 4.98 Å². The van der Waals surface area contributed by atoms with Gasteiger partial charge in [0.05, 0.1) is 6.20 Å². The fraction of sp³-hybridized carbons (Fsp3) is 0.0541. The van der Waals surface area contributed by atoms with Gasteiger partial charge in [0.2, 0.25) is 12.3 Å². The van der Waals surface area contributed by atoms with Crippen LogP contribution in [-0.2, 0) is 8.69 Å². The Morgan fingerprint density at radius 1 is 0.453 bits per heavy atom. The zero-order valence-electron chi connectivity index (χ0n) is 29.9. The van der Waals surface area contributed by atoms with Crippen molar-refractivity contribution in [3.05, 3.63) is 177 Å². The lowest BCUT2D eigenvalue weighted by atomic mass is 9.12. The minimum atomic E-state index is -7.22. The summed E-state index contributed by atoms with van der Waals surface area (Å²) in [5, 5.41) is 0. The normalized spacial score (nSPS) is 11.8. The highest BCUT2D eigenvalue weighted by Gasteiger charge is 2.52. The summed E-state index contributed by atoms with van der Waals surface area (Å²) in [5.41, 5.74) is -12.9. The molecule has 338 valence electrons. The molecule has 64 heavy (non-hydrogen) atoms. The van der Waals surface area contributed by atoms with E-state index in [4.69, 9.17) is 0 Å². The van der Waals surface area contributed by atoms with Gasteiger partial charge >= 0.3 is 0 Å². The van der Waals surface area contributed by atoms with Gasteiger partial charge in [-0.05, 0) is 0 Å². The molecule has 3 nitrogen and oxygen atoms in total. The monoisotopic (exact) mass is 1130 g/mol. The lowest BCUT2D eigenvalue weighted by Gasteiger charge is -2.44. The number of benzene rings is 5. The van der Waals surface area contributed by atoms with E-state index in [2.05, 4.69) is 52.8 Å². The molecule has 27 heteroatoms. The van der Waals surface area contributed by atoms with Gasteiger partial charge in [-0.3, -0.25) is 4.79 Å². The van der Waals surface area contributed by atoms with Gasteiger partial charge in [0, 0.05) is 5.56 Å². The zero-order chi connectivity index (χ0) is 48.2. The molecule has 0 amide bonds. The van der Waals surface area contributed by atoms with Crippen LogP contribution >= 0.6 is 47.8 Å². The molecular formula is C37H10BBr3F20N2O. The van der Waals surface area contributed by atoms with Crippen molar-refractivity contribution < 1.29 is 97.2 Å². The highest BCUT2D eigenvalue weighted by Crippen LogP contribution is 2.42. The van der Waals surface area contributed by atoms with Crippen molar-refractivity contribution in [3.63, 3.8) is 0 Å². The average Bonchev–Trinajstić information content (AvgIpc) is 3.26. The molecule has 1 heterocycles. The van der Waals surface area contributed by atoms with Crippen LogP contribution in [0.15, 0.2) is 48.9 Å². The summed E-state index contributed by atoms with van der Waals surface area (Å²) in [5.74, 6) is -71.3. The number of ketones is 1. The number of Topliss-reactive ketones (excluding diaryl/α,β-unsaturated/α-hetero) is 1. The highest BCUT2D eigenvalue weighted by molar-refractivity contribution is 9.38. The van der Waals surface area contributed by atoms with Gasteiger partial charge < -0.3 is 0 Å². The Bertz CT molecular complexity index is 2500. The van der Waals surface area contributed by atoms with Crippen molar-refractivity contribution in [2.75, 3.05) is 0 Å². The standard InChI is InChI=1S/C24BF20.C13H10Br3N2O/c26-5-1(6(27)14(35)21(42)13(5)34)25(2-7(28)15(36)22(43)16(37)8(2)29,3-9(30)17(38)23(44)18(39)10(3)31)4-11(32)19(40)24(45)20(41)12(4)33;14-13(15,16)12-9-18(7-6-17-12)8-11(19)10-4-2-1-3-5-10/h;1-7,9H,8H2/q-1;+1. The van der Waals surface area contributed by atoms with Crippen LogP contribution in [-0.4, -0.2) is 16.9 Å². The molecule has 0 aliphatic carbocycles. The van der Waals surface area contributed by atoms with Gasteiger partial charge in [-0.15, -0.1) is 21.9 Å². The van der Waals surface area contributed by atoms with Crippen molar-refractivity contribution in [1.29, 1.82) is 0 Å². The number of carbonyl (C=O) groups is 1. The van der Waals surface area contributed by atoms with E-state index >= 15 is 35.1 Å². The molecule has 0 atom stereocenters. The molecule has 0 saturated carbocycles. The van der Waals surface area contributed by atoms with E-state index in [-0.39, 0.29) is 12.3 Å². The maximum absolute atomic E-state index is 15.4. The molecule has 0 bridgehead atoms. The topological polar surface area (TPSA) is 33.8 Å². The molecule has 0 fully saturated rings. The van der Waals surface area contributed by atoms with Gasteiger partial charge in [0.15, 0.2) is 84.3 Å². The molecule has 0 aliphatic rings. The fourth-order valence-electron chi connectivity index (χ4n) is 6.43. The van der Waals surface area contributed by atoms with E-state index < -0.39 is 146 Å². The number of hydrogen-bond donors (Lipinski definition) is 0. The molecule has 0 radical (unpaired) electrons. The molecular weight excluding hydrogens is 1120 g/mol. The van der Waals surface area contributed by atoms with E-state index in [0.717, 1.165) is 5.69 Å². The molecule has 0 saturated heterocycles. The predicted molar refractivity (Wildman–Crippen MR) is 193 cm³/mol. The third-order valence-corrected chi connectivity index (χ3v) is 10.4. The van der Waals surface area contributed by atoms with Crippen LogP contribution in [0.5, 0.6) is 0 Å². The van der Waals surface area contributed by atoms with Crippen LogP contribution in [0, 0.1) is 116 Å². The van der Waals surface area contributed by atoms with E-state index in [9.17, 15) is 57.5 Å². The molecule has 0 aliphatic heterocycles. The van der Waals surface area contributed by atoms with Crippen molar-refractivity contribution >= 4 is 81.6 Å². The number of rotatable bonds is 7. The van der Waals surface area contributed by atoms with E-state index in [1.165, 1.54) is 0 Å². The maximum Gasteiger partial charge on any atom is 0.227 e. The van der Waals surface area contributed by atoms with Crippen molar-refractivity contribution in [2.45, 2.75) is 8.69 Å². The Morgan fingerprint density at radius 3 is 0.984 bits per heavy atom. The minimum Gasteiger partial charge on any atom is -0.287 e. The minimum absolute atomic E-state index is 0.0621. The smallest absolute Gasteiger partial charge is 0.227 e. The lowest BCUT2D eigenvalue weighted by Crippen LogP contribution is -2.81. The maximum atomic E-state index is 15.4. The quantitative estimate of drug-likeness (QED) is 0.0304.